The first-order valence-corrected chi connectivity index (χ1v) is 12.5. The fourth-order valence-electron chi connectivity index (χ4n) is 4.38. The number of sulfonamides is 1. The van der Waals surface area contributed by atoms with Gasteiger partial charge in [0.25, 0.3) is 0 Å². The lowest BCUT2D eigenvalue weighted by Gasteiger charge is -2.23. The average Bonchev–Trinajstić information content (AvgIpc) is 3.61. The Morgan fingerprint density at radius 3 is 2.69 bits per heavy atom. The Balaban J connectivity index is 1.21. The van der Waals surface area contributed by atoms with Gasteiger partial charge < -0.3 is 10.6 Å². The van der Waals surface area contributed by atoms with Crippen LogP contribution in [-0.4, -0.2) is 38.4 Å². The lowest BCUT2D eigenvalue weighted by atomic mass is 10.1. The number of nitrogens with zero attached hydrogens (tertiary/aromatic N) is 1. The molecule has 166 valence electrons. The molecule has 0 radical (unpaired) electrons. The molecule has 5 rings (SSSR count). The Kier molecular flexibility index (Phi) is 5.67. The summed E-state index contributed by atoms with van der Waals surface area (Å²) in [5, 5.41) is 8.27. The van der Waals surface area contributed by atoms with E-state index in [9.17, 15) is 13.2 Å². The fourth-order valence-corrected chi connectivity index (χ4v) is 5.65. The summed E-state index contributed by atoms with van der Waals surface area (Å²) in [6.07, 6.45) is 6.10. The molecule has 1 saturated carbocycles. The first kappa shape index (κ1) is 21.1. The van der Waals surface area contributed by atoms with E-state index in [2.05, 4.69) is 20.3 Å². The van der Waals surface area contributed by atoms with Gasteiger partial charge in [0, 0.05) is 42.0 Å². The number of carbonyl (C=O) groups excluding carboxylic acids is 1. The van der Waals surface area contributed by atoms with Crippen molar-refractivity contribution in [2.24, 2.45) is 5.92 Å². The van der Waals surface area contributed by atoms with Crippen LogP contribution in [0, 0.1) is 5.92 Å². The highest BCUT2D eigenvalue weighted by atomic mass is 32.2. The molecule has 1 aromatic heterocycles. The van der Waals surface area contributed by atoms with Crippen LogP contribution in [-0.2, 0) is 14.8 Å². The number of aromatic nitrogens is 1. The highest BCUT2D eigenvalue weighted by molar-refractivity contribution is 7.89. The Labute approximate surface area is 187 Å². The molecule has 0 bridgehead atoms. The summed E-state index contributed by atoms with van der Waals surface area (Å²) in [6.45, 7) is 1.59. The Hall–Kier alpha value is -2.81. The minimum atomic E-state index is -3.54. The summed E-state index contributed by atoms with van der Waals surface area (Å²) < 4.78 is 28.1. The Bertz CT molecular complexity index is 1240. The van der Waals surface area contributed by atoms with Gasteiger partial charge in [-0.1, -0.05) is 18.2 Å². The van der Waals surface area contributed by atoms with Crippen LogP contribution in [0.2, 0.25) is 0 Å². The van der Waals surface area contributed by atoms with Crippen molar-refractivity contribution in [3.8, 4) is 0 Å². The maximum Gasteiger partial charge on any atom is 0.240 e. The molecule has 1 amide bonds. The standard InChI is InChI=1S/C24H26N4O3S/c29-24(27-19-6-3-18-14-26-11-9-17(18)12-19)23-13-22(23)16-4-7-21(8-5-16)32(30,31)28-20-2-1-10-25-15-20/h3-9,11-12,14,20,22-23,25,28H,1-2,10,13,15H2,(H,27,29)/t20-,22+,23-/m1/s1. The number of anilines is 1. The number of fused-ring (bicyclic) bond motifs is 1. The zero-order valence-corrected chi connectivity index (χ0v) is 18.4. The van der Waals surface area contributed by atoms with Gasteiger partial charge in [-0.25, -0.2) is 13.1 Å². The van der Waals surface area contributed by atoms with E-state index in [1.165, 1.54) is 0 Å². The third-order valence-corrected chi connectivity index (χ3v) is 7.81. The molecule has 2 aliphatic rings. The first-order chi connectivity index (χ1) is 15.5. The second kappa shape index (κ2) is 8.61. The van der Waals surface area contributed by atoms with Crippen molar-refractivity contribution in [2.45, 2.75) is 36.1 Å². The number of nitrogens with one attached hydrogen (secondary N) is 3. The Morgan fingerprint density at radius 2 is 1.91 bits per heavy atom. The van der Waals surface area contributed by atoms with E-state index in [1.807, 2.05) is 36.4 Å². The quantitative estimate of drug-likeness (QED) is 0.536. The van der Waals surface area contributed by atoms with Crippen molar-refractivity contribution < 1.29 is 13.2 Å². The van der Waals surface area contributed by atoms with Crippen molar-refractivity contribution in [3.05, 3.63) is 66.5 Å². The predicted molar refractivity (Wildman–Crippen MR) is 124 cm³/mol. The summed E-state index contributed by atoms with van der Waals surface area (Å²) in [4.78, 5) is 17.1. The molecule has 32 heavy (non-hydrogen) atoms. The molecule has 2 aromatic carbocycles. The highest BCUT2D eigenvalue weighted by Crippen LogP contribution is 2.48. The van der Waals surface area contributed by atoms with E-state index >= 15 is 0 Å². The summed E-state index contributed by atoms with van der Waals surface area (Å²) in [5.74, 6) is 0.00974. The molecule has 7 nitrogen and oxygen atoms in total. The average molecular weight is 451 g/mol. The third-order valence-electron chi connectivity index (χ3n) is 6.27. The number of rotatable bonds is 6. The van der Waals surface area contributed by atoms with Crippen LogP contribution in [0.3, 0.4) is 0 Å². The zero-order chi connectivity index (χ0) is 22.1. The fraction of sp³-hybridized carbons (Fsp3) is 0.333. The van der Waals surface area contributed by atoms with E-state index in [0.717, 1.165) is 47.8 Å². The van der Waals surface area contributed by atoms with Gasteiger partial charge >= 0.3 is 0 Å². The largest absolute Gasteiger partial charge is 0.326 e. The first-order valence-electron chi connectivity index (χ1n) is 11.0. The molecular formula is C24H26N4O3S. The molecular weight excluding hydrogens is 424 g/mol. The number of hydrogen-bond acceptors (Lipinski definition) is 5. The number of carbonyl (C=O) groups is 1. The molecule has 1 saturated heterocycles. The number of amides is 1. The van der Waals surface area contributed by atoms with E-state index in [0.29, 0.717) is 6.54 Å². The van der Waals surface area contributed by atoms with Gasteiger partial charge in [-0.2, -0.15) is 0 Å². The molecule has 3 aromatic rings. The molecule has 1 aliphatic carbocycles. The van der Waals surface area contributed by atoms with Crippen molar-refractivity contribution in [2.75, 3.05) is 18.4 Å². The smallest absolute Gasteiger partial charge is 0.240 e. The molecule has 0 unspecified atom stereocenters. The van der Waals surface area contributed by atoms with E-state index < -0.39 is 10.0 Å². The second-order valence-electron chi connectivity index (χ2n) is 8.61. The van der Waals surface area contributed by atoms with Gasteiger partial charge in [-0.3, -0.25) is 9.78 Å². The molecule has 3 N–H and O–H groups in total. The summed E-state index contributed by atoms with van der Waals surface area (Å²) in [7, 11) is -3.54. The lowest BCUT2D eigenvalue weighted by Crippen LogP contribution is -2.45. The maximum absolute atomic E-state index is 12.7. The Morgan fingerprint density at radius 1 is 1.06 bits per heavy atom. The minimum absolute atomic E-state index is 0.00781. The number of benzene rings is 2. The van der Waals surface area contributed by atoms with Gasteiger partial charge in [-0.15, -0.1) is 0 Å². The van der Waals surface area contributed by atoms with Crippen LogP contribution < -0.4 is 15.4 Å². The monoisotopic (exact) mass is 450 g/mol. The van der Waals surface area contributed by atoms with Gasteiger partial charge in [0.05, 0.1) is 4.90 Å². The van der Waals surface area contributed by atoms with Crippen LogP contribution in [0.5, 0.6) is 0 Å². The van der Waals surface area contributed by atoms with Crippen molar-refractivity contribution in [1.82, 2.24) is 15.0 Å². The van der Waals surface area contributed by atoms with Crippen molar-refractivity contribution in [3.63, 3.8) is 0 Å². The summed E-state index contributed by atoms with van der Waals surface area (Å²) >= 11 is 0. The molecule has 3 atom stereocenters. The molecule has 2 fully saturated rings. The van der Waals surface area contributed by atoms with Crippen molar-refractivity contribution in [1.29, 1.82) is 0 Å². The number of pyridine rings is 1. The van der Waals surface area contributed by atoms with Crippen LogP contribution in [0.4, 0.5) is 5.69 Å². The van der Waals surface area contributed by atoms with Crippen molar-refractivity contribution >= 4 is 32.4 Å². The van der Waals surface area contributed by atoms with Crippen LogP contribution in [0.15, 0.2) is 65.8 Å². The van der Waals surface area contributed by atoms with Gasteiger partial charge in [0.15, 0.2) is 0 Å². The topological polar surface area (TPSA) is 100 Å². The van der Waals surface area contributed by atoms with Crippen LogP contribution in [0.25, 0.3) is 10.8 Å². The van der Waals surface area contributed by atoms with Crippen LogP contribution in [0.1, 0.15) is 30.7 Å². The second-order valence-corrected chi connectivity index (χ2v) is 10.3. The molecule has 0 spiro atoms. The van der Waals surface area contributed by atoms with Gasteiger partial charge in [-0.05, 0) is 73.0 Å². The van der Waals surface area contributed by atoms with Gasteiger partial charge in [0.1, 0.15) is 0 Å². The van der Waals surface area contributed by atoms with E-state index in [-0.39, 0.29) is 28.7 Å². The lowest BCUT2D eigenvalue weighted by molar-refractivity contribution is -0.117. The SMILES string of the molecule is O=C(Nc1ccc2cnccc2c1)[C@@H]1C[C@H]1c1ccc(S(=O)(=O)N[C@@H]2CCCNC2)cc1. The molecule has 1 aliphatic heterocycles. The van der Waals surface area contributed by atoms with Gasteiger partial charge in [0.2, 0.25) is 15.9 Å². The third kappa shape index (κ3) is 4.53. The molecule has 2 heterocycles. The predicted octanol–water partition coefficient (Wildman–Crippen LogP) is 3.01. The number of hydrogen-bond donors (Lipinski definition) is 3. The minimum Gasteiger partial charge on any atom is -0.326 e. The normalized spacial score (nSPS) is 23.1. The van der Waals surface area contributed by atoms with E-state index in [4.69, 9.17) is 0 Å². The summed E-state index contributed by atoms with van der Waals surface area (Å²) in [6, 6.07) is 14.5. The zero-order valence-electron chi connectivity index (χ0n) is 17.6. The highest BCUT2D eigenvalue weighted by Gasteiger charge is 2.44. The van der Waals surface area contributed by atoms with E-state index in [1.54, 1.807) is 24.5 Å². The number of piperidine rings is 1. The molecule has 8 heteroatoms. The summed E-state index contributed by atoms with van der Waals surface area (Å²) in [5.41, 5.74) is 1.76. The van der Waals surface area contributed by atoms with Crippen LogP contribution >= 0.6 is 0 Å². The maximum atomic E-state index is 12.7.